The summed E-state index contributed by atoms with van der Waals surface area (Å²) < 4.78 is 0. The van der Waals surface area contributed by atoms with Crippen LogP contribution in [0.1, 0.15) is 6.42 Å². The Bertz CT molecular complexity index is 123. The molecule has 0 aromatic carbocycles. The van der Waals surface area contributed by atoms with Gasteiger partial charge < -0.3 is 0 Å². The number of nitrogens with zero attached hydrogens (tertiary/aromatic N) is 1. The molecule has 0 aromatic rings. The Labute approximate surface area is 47.9 Å². The molecule has 0 amide bonds. The number of nitriles is 1. The van der Waals surface area contributed by atoms with E-state index in [1.165, 1.54) is 0 Å². The van der Waals surface area contributed by atoms with Crippen LogP contribution >= 0.6 is 11.6 Å². The smallest absolute Gasteiger partial charge is 0.0963 e. The average Bonchev–Trinajstić information content (AvgIpc) is 1.69. The van der Waals surface area contributed by atoms with Crippen molar-refractivity contribution >= 4 is 11.6 Å². The monoisotopic (exact) mass is 113 g/mol. The standard InChI is InChI=1S/C5H4ClN/c6-4-2-1-3-5-7/h3-4H2. The van der Waals surface area contributed by atoms with E-state index in [1.807, 2.05) is 6.07 Å². The minimum absolute atomic E-state index is 0.284. The Morgan fingerprint density at radius 2 is 2.14 bits per heavy atom. The molecule has 0 radical (unpaired) electrons. The van der Waals surface area contributed by atoms with Gasteiger partial charge in [0, 0.05) is 0 Å². The number of halogens is 1. The second kappa shape index (κ2) is 5.34. The van der Waals surface area contributed by atoms with Crippen molar-refractivity contribution in [3.63, 3.8) is 0 Å². The lowest BCUT2D eigenvalue weighted by molar-refractivity contribution is 1.39. The maximum atomic E-state index is 7.90. The zero-order valence-electron chi connectivity index (χ0n) is 3.74. The summed E-state index contributed by atoms with van der Waals surface area (Å²) in [4.78, 5) is 0. The maximum absolute atomic E-state index is 7.90. The Morgan fingerprint density at radius 3 is 2.57 bits per heavy atom. The van der Waals surface area contributed by atoms with Crippen molar-refractivity contribution in [1.29, 1.82) is 5.26 Å². The van der Waals surface area contributed by atoms with Gasteiger partial charge in [-0.3, -0.25) is 0 Å². The molecular formula is C5H4ClN. The molecule has 0 atom stereocenters. The molecule has 0 rings (SSSR count). The Balaban J connectivity index is 3.12. The molecule has 0 spiro atoms. The summed E-state index contributed by atoms with van der Waals surface area (Å²) in [5, 5.41) is 7.90. The lowest BCUT2D eigenvalue weighted by Crippen LogP contribution is -1.59. The van der Waals surface area contributed by atoms with Crippen LogP contribution in [-0.2, 0) is 0 Å². The largest absolute Gasteiger partial charge is 0.197 e. The van der Waals surface area contributed by atoms with E-state index < -0.39 is 0 Å². The van der Waals surface area contributed by atoms with E-state index in [0.29, 0.717) is 5.88 Å². The van der Waals surface area contributed by atoms with Gasteiger partial charge in [0.15, 0.2) is 0 Å². The van der Waals surface area contributed by atoms with Gasteiger partial charge in [-0.25, -0.2) is 0 Å². The quantitative estimate of drug-likeness (QED) is 0.341. The van der Waals surface area contributed by atoms with Crippen LogP contribution in [0.2, 0.25) is 0 Å². The molecule has 0 aliphatic rings. The topological polar surface area (TPSA) is 23.8 Å². The summed E-state index contributed by atoms with van der Waals surface area (Å²) in [6.07, 6.45) is 0.284. The van der Waals surface area contributed by atoms with Gasteiger partial charge in [0.25, 0.3) is 0 Å². The number of hydrogen-bond donors (Lipinski definition) is 0. The van der Waals surface area contributed by atoms with Crippen LogP contribution in [0.15, 0.2) is 0 Å². The van der Waals surface area contributed by atoms with Crippen molar-refractivity contribution in [2.45, 2.75) is 6.42 Å². The van der Waals surface area contributed by atoms with E-state index in [-0.39, 0.29) is 6.42 Å². The van der Waals surface area contributed by atoms with E-state index in [0.717, 1.165) is 0 Å². The maximum Gasteiger partial charge on any atom is 0.0963 e. The van der Waals surface area contributed by atoms with Crippen molar-refractivity contribution in [3.05, 3.63) is 0 Å². The lowest BCUT2D eigenvalue weighted by atomic mass is 10.5. The van der Waals surface area contributed by atoms with Gasteiger partial charge in [-0.15, -0.1) is 11.6 Å². The van der Waals surface area contributed by atoms with Crippen LogP contribution in [0.25, 0.3) is 0 Å². The second-order valence-corrected chi connectivity index (χ2v) is 1.09. The van der Waals surface area contributed by atoms with Crippen LogP contribution in [0.5, 0.6) is 0 Å². The molecule has 0 fully saturated rings. The summed E-state index contributed by atoms with van der Waals surface area (Å²) in [5.41, 5.74) is 0. The normalized spacial score (nSPS) is 5.71. The second-order valence-electron chi connectivity index (χ2n) is 0.822. The molecule has 0 heterocycles. The van der Waals surface area contributed by atoms with E-state index >= 15 is 0 Å². The van der Waals surface area contributed by atoms with Crippen LogP contribution in [0, 0.1) is 23.2 Å². The van der Waals surface area contributed by atoms with E-state index in [2.05, 4.69) is 11.8 Å². The van der Waals surface area contributed by atoms with Crippen molar-refractivity contribution in [2.24, 2.45) is 0 Å². The number of rotatable bonds is 0. The summed E-state index contributed by atoms with van der Waals surface area (Å²) in [6.45, 7) is 0. The van der Waals surface area contributed by atoms with Gasteiger partial charge in [0.1, 0.15) is 0 Å². The lowest BCUT2D eigenvalue weighted by Gasteiger charge is -1.62. The van der Waals surface area contributed by atoms with Crippen molar-refractivity contribution < 1.29 is 0 Å². The highest BCUT2D eigenvalue weighted by atomic mass is 35.5. The highest BCUT2D eigenvalue weighted by Crippen LogP contribution is 1.70. The molecule has 0 N–H and O–H groups in total. The Morgan fingerprint density at radius 1 is 1.43 bits per heavy atom. The Kier molecular flexibility index (Phi) is 4.84. The van der Waals surface area contributed by atoms with Gasteiger partial charge >= 0.3 is 0 Å². The van der Waals surface area contributed by atoms with Crippen molar-refractivity contribution in [3.8, 4) is 17.9 Å². The van der Waals surface area contributed by atoms with Crippen LogP contribution in [0.3, 0.4) is 0 Å². The van der Waals surface area contributed by atoms with Crippen molar-refractivity contribution in [2.75, 3.05) is 5.88 Å². The third kappa shape index (κ3) is 5.34. The fourth-order valence-corrected chi connectivity index (χ4v) is 0.244. The third-order valence-electron chi connectivity index (χ3n) is 0.359. The zero-order valence-corrected chi connectivity index (χ0v) is 4.50. The van der Waals surface area contributed by atoms with Crippen LogP contribution < -0.4 is 0 Å². The summed E-state index contributed by atoms with van der Waals surface area (Å²) in [5.74, 6) is 5.40. The highest BCUT2D eigenvalue weighted by molar-refractivity contribution is 6.19. The number of hydrogen-bond acceptors (Lipinski definition) is 1. The van der Waals surface area contributed by atoms with Gasteiger partial charge in [-0.2, -0.15) is 5.26 Å². The molecule has 36 valence electrons. The third-order valence-corrected chi connectivity index (χ3v) is 0.493. The van der Waals surface area contributed by atoms with E-state index in [1.54, 1.807) is 0 Å². The Hall–Kier alpha value is -0.660. The van der Waals surface area contributed by atoms with Crippen LogP contribution in [-0.4, -0.2) is 5.88 Å². The first-order chi connectivity index (χ1) is 3.41. The predicted molar refractivity (Wildman–Crippen MR) is 28.7 cm³/mol. The molecule has 0 bridgehead atoms. The first-order valence-corrected chi connectivity index (χ1v) is 2.34. The van der Waals surface area contributed by atoms with E-state index in [9.17, 15) is 0 Å². The highest BCUT2D eigenvalue weighted by Gasteiger charge is 1.64. The fourth-order valence-electron chi connectivity index (χ4n) is 0.149. The molecule has 0 aliphatic carbocycles. The minimum atomic E-state index is 0.284. The molecule has 0 aliphatic heterocycles. The van der Waals surface area contributed by atoms with E-state index in [4.69, 9.17) is 16.9 Å². The van der Waals surface area contributed by atoms with Gasteiger partial charge in [0.2, 0.25) is 0 Å². The summed E-state index contributed by atoms with van der Waals surface area (Å²) in [6, 6.07) is 1.87. The first-order valence-electron chi connectivity index (χ1n) is 1.80. The minimum Gasteiger partial charge on any atom is -0.197 e. The molecule has 1 nitrogen and oxygen atoms in total. The van der Waals surface area contributed by atoms with Crippen LogP contribution in [0.4, 0.5) is 0 Å². The predicted octanol–water partition coefficient (Wildman–Crippen LogP) is 1.14. The first kappa shape index (κ1) is 6.34. The molecule has 7 heavy (non-hydrogen) atoms. The number of alkyl halides is 1. The fraction of sp³-hybridized carbons (Fsp3) is 0.400. The zero-order chi connectivity index (χ0) is 5.54. The average molecular weight is 114 g/mol. The van der Waals surface area contributed by atoms with Gasteiger partial charge in [0.05, 0.1) is 18.4 Å². The molecule has 0 aromatic heterocycles. The molecular weight excluding hydrogens is 110 g/mol. The van der Waals surface area contributed by atoms with Gasteiger partial charge in [-0.05, 0) is 0 Å². The van der Waals surface area contributed by atoms with Gasteiger partial charge in [-0.1, -0.05) is 11.8 Å². The molecule has 0 unspecified atom stereocenters. The summed E-state index contributed by atoms with van der Waals surface area (Å²) in [7, 11) is 0. The molecule has 0 saturated carbocycles. The van der Waals surface area contributed by atoms with Crippen molar-refractivity contribution in [1.82, 2.24) is 0 Å². The molecule has 0 saturated heterocycles. The molecule has 2 heteroatoms. The SMILES string of the molecule is N#CCC#CCCl. The summed E-state index contributed by atoms with van der Waals surface area (Å²) >= 11 is 5.15.